The molecule has 1 unspecified atom stereocenters. The lowest BCUT2D eigenvalue weighted by Crippen LogP contribution is -2.46. The van der Waals surface area contributed by atoms with Crippen LogP contribution in [0.1, 0.15) is 20.3 Å². The van der Waals surface area contributed by atoms with E-state index in [1.54, 1.807) is 18.7 Å². The van der Waals surface area contributed by atoms with Crippen molar-refractivity contribution >= 4 is 17.7 Å². The van der Waals surface area contributed by atoms with Gasteiger partial charge in [0.25, 0.3) is 0 Å². The third-order valence-corrected chi connectivity index (χ3v) is 2.57. The second-order valence-corrected chi connectivity index (χ2v) is 4.25. The monoisotopic (exact) mass is 177 g/mol. The summed E-state index contributed by atoms with van der Waals surface area (Å²) in [5.74, 6) is -0.932. The van der Waals surface area contributed by atoms with Crippen molar-refractivity contribution in [3.63, 3.8) is 0 Å². The summed E-state index contributed by atoms with van der Waals surface area (Å²) in [6.07, 6.45) is 2.45. The van der Waals surface area contributed by atoms with E-state index in [0.717, 1.165) is 0 Å². The highest BCUT2D eigenvalue weighted by Gasteiger charge is 2.29. The Morgan fingerprint density at radius 1 is 1.82 bits per heavy atom. The molecular weight excluding hydrogens is 162 g/mol. The van der Waals surface area contributed by atoms with Crippen LogP contribution in [0.3, 0.4) is 0 Å². The Morgan fingerprint density at radius 2 is 2.27 bits per heavy atom. The number of rotatable bonds is 4. The molecule has 66 valence electrons. The van der Waals surface area contributed by atoms with Crippen molar-refractivity contribution in [2.75, 3.05) is 6.26 Å². The van der Waals surface area contributed by atoms with Crippen LogP contribution in [0.5, 0.6) is 0 Å². The summed E-state index contributed by atoms with van der Waals surface area (Å²) >= 11 is 1.63. The fourth-order valence-electron chi connectivity index (χ4n) is 0.768. The van der Waals surface area contributed by atoms with Crippen LogP contribution in [0, 0.1) is 0 Å². The van der Waals surface area contributed by atoms with Crippen molar-refractivity contribution in [1.82, 2.24) is 0 Å². The summed E-state index contributed by atoms with van der Waals surface area (Å²) in [5.41, 5.74) is 4.44. The van der Waals surface area contributed by atoms with Crippen molar-refractivity contribution in [3.8, 4) is 0 Å². The van der Waals surface area contributed by atoms with Gasteiger partial charge in [-0.25, -0.2) is 0 Å². The van der Waals surface area contributed by atoms with Crippen molar-refractivity contribution in [1.29, 1.82) is 0 Å². The van der Waals surface area contributed by atoms with Gasteiger partial charge in [-0.3, -0.25) is 4.79 Å². The zero-order valence-electron chi connectivity index (χ0n) is 7.13. The number of nitrogens with two attached hydrogens (primary N) is 1. The van der Waals surface area contributed by atoms with E-state index in [1.807, 2.05) is 13.2 Å². The number of thioether (sulfide) groups is 1. The average Bonchev–Trinajstić information content (AvgIpc) is 1.86. The molecule has 3 nitrogen and oxygen atoms in total. The van der Waals surface area contributed by atoms with Gasteiger partial charge in [-0.2, -0.15) is 11.8 Å². The van der Waals surface area contributed by atoms with E-state index >= 15 is 0 Å². The largest absolute Gasteiger partial charge is 0.480 e. The molecule has 0 aliphatic rings. The van der Waals surface area contributed by atoms with Gasteiger partial charge in [0.2, 0.25) is 0 Å². The molecule has 0 aromatic rings. The van der Waals surface area contributed by atoms with Crippen LogP contribution in [0.15, 0.2) is 0 Å². The maximum atomic E-state index is 10.5. The van der Waals surface area contributed by atoms with Gasteiger partial charge in [0, 0.05) is 5.25 Å². The topological polar surface area (TPSA) is 63.3 Å². The molecule has 0 saturated heterocycles. The Bertz CT molecular complexity index is 147. The first-order valence-electron chi connectivity index (χ1n) is 3.45. The normalized spacial score (nSPS) is 18.9. The van der Waals surface area contributed by atoms with Gasteiger partial charge in [-0.05, 0) is 19.6 Å². The standard InChI is InChI=1S/C7H15NO2S/c1-5(11-3)4-7(2,8)6(9)10/h5H,4,8H2,1-3H3,(H,9,10)/t5?,7-/m1/s1. The van der Waals surface area contributed by atoms with E-state index < -0.39 is 11.5 Å². The fourth-order valence-corrected chi connectivity index (χ4v) is 1.28. The first-order chi connectivity index (χ1) is 4.90. The lowest BCUT2D eigenvalue weighted by molar-refractivity contribution is -0.142. The summed E-state index contributed by atoms with van der Waals surface area (Å²) in [5, 5.41) is 8.94. The van der Waals surface area contributed by atoms with Crippen molar-refractivity contribution in [2.24, 2.45) is 5.73 Å². The molecule has 0 rings (SSSR count). The molecule has 0 bridgehead atoms. The SMILES string of the molecule is CSC(C)C[C@@](C)(N)C(=O)O. The quantitative estimate of drug-likeness (QED) is 0.670. The summed E-state index contributed by atoms with van der Waals surface area (Å²) < 4.78 is 0. The molecule has 0 aromatic carbocycles. The maximum Gasteiger partial charge on any atom is 0.323 e. The maximum absolute atomic E-state index is 10.5. The van der Waals surface area contributed by atoms with Crippen LogP contribution in [-0.4, -0.2) is 28.1 Å². The highest BCUT2D eigenvalue weighted by Crippen LogP contribution is 2.17. The van der Waals surface area contributed by atoms with Gasteiger partial charge in [0.05, 0.1) is 0 Å². The number of hydrogen-bond donors (Lipinski definition) is 2. The minimum Gasteiger partial charge on any atom is -0.480 e. The van der Waals surface area contributed by atoms with E-state index in [9.17, 15) is 4.79 Å². The van der Waals surface area contributed by atoms with Gasteiger partial charge in [-0.15, -0.1) is 0 Å². The number of hydrogen-bond acceptors (Lipinski definition) is 3. The molecule has 0 saturated carbocycles. The Labute approximate surface area is 71.3 Å². The molecule has 0 spiro atoms. The average molecular weight is 177 g/mol. The molecule has 3 N–H and O–H groups in total. The summed E-state index contributed by atoms with van der Waals surface area (Å²) in [7, 11) is 0. The summed E-state index contributed by atoms with van der Waals surface area (Å²) in [4.78, 5) is 10.5. The van der Waals surface area contributed by atoms with E-state index in [2.05, 4.69) is 0 Å². The van der Waals surface area contributed by atoms with Crippen LogP contribution in [0.4, 0.5) is 0 Å². The van der Waals surface area contributed by atoms with Crippen molar-refractivity contribution in [3.05, 3.63) is 0 Å². The lowest BCUT2D eigenvalue weighted by Gasteiger charge is -2.21. The molecule has 0 aliphatic carbocycles. The second-order valence-electron chi connectivity index (χ2n) is 2.97. The first-order valence-corrected chi connectivity index (χ1v) is 4.74. The predicted octanol–water partition coefficient (Wildman–Crippen LogP) is 0.930. The minimum atomic E-state index is -1.08. The van der Waals surface area contributed by atoms with Gasteiger partial charge < -0.3 is 10.8 Å². The lowest BCUT2D eigenvalue weighted by atomic mass is 9.98. The Hall–Kier alpha value is -0.220. The van der Waals surface area contributed by atoms with E-state index in [4.69, 9.17) is 10.8 Å². The van der Waals surface area contributed by atoms with Crippen LogP contribution >= 0.6 is 11.8 Å². The molecule has 0 aliphatic heterocycles. The number of carboxylic acid groups (broad SMARTS) is 1. The van der Waals surface area contributed by atoms with Crippen LogP contribution < -0.4 is 5.73 Å². The smallest absolute Gasteiger partial charge is 0.323 e. The summed E-state index contributed by atoms with van der Waals surface area (Å²) in [6.45, 7) is 3.51. The summed E-state index contributed by atoms with van der Waals surface area (Å²) in [6, 6.07) is 0. The Kier molecular flexibility index (Phi) is 3.89. The minimum absolute atomic E-state index is 0.293. The van der Waals surface area contributed by atoms with E-state index in [-0.39, 0.29) is 0 Å². The van der Waals surface area contributed by atoms with Crippen molar-refractivity contribution < 1.29 is 9.90 Å². The Balaban J connectivity index is 4.01. The van der Waals surface area contributed by atoms with Crippen molar-refractivity contribution in [2.45, 2.75) is 31.1 Å². The van der Waals surface area contributed by atoms with Crippen LogP contribution in [0.2, 0.25) is 0 Å². The zero-order chi connectivity index (χ0) is 9.07. The first kappa shape index (κ1) is 10.8. The molecule has 0 amide bonds. The molecular formula is C7H15NO2S. The van der Waals surface area contributed by atoms with E-state index in [1.165, 1.54) is 0 Å². The molecule has 4 heteroatoms. The van der Waals surface area contributed by atoms with Gasteiger partial charge in [-0.1, -0.05) is 6.92 Å². The third-order valence-electron chi connectivity index (χ3n) is 1.60. The molecule has 0 fully saturated rings. The van der Waals surface area contributed by atoms with Crippen LogP contribution in [0.25, 0.3) is 0 Å². The molecule has 11 heavy (non-hydrogen) atoms. The molecule has 0 heterocycles. The predicted molar refractivity (Wildman–Crippen MR) is 47.8 cm³/mol. The number of carboxylic acids is 1. The number of aliphatic carboxylic acids is 1. The molecule has 0 radical (unpaired) electrons. The van der Waals surface area contributed by atoms with Gasteiger partial charge >= 0.3 is 5.97 Å². The number of carbonyl (C=O) groups is 1. The molecule has 2 atom stereocenters. The third kappa shape index (κ3) is 3.62. The highest BCUT2D eigenvalue weighted by atomic mass is 32.2. The van der Waals surface area contributed by atoms with E-state index in [0.29, 0.717) is 11.7 Å². The van der Waals surface area contributed by atoms with Gasteiger partial charge in [0.15, 0.2) is 0 Å². The Morgan fingerprint density at radius 3 is 2.55 bits per heavy atom. The fraction of sp³-hybridized carbons (Fsp3) is 0.857. The van der Waals surface area contributed by atoms with Crippen LogP contribution in [-0.2, 0) is 4.79 Å². The second kappa shape index (κ2) is 3.97. The molecule has 0 aromatic heterocycles. The highest BCUT2D eigenvalue weighted by molar-refractivity contribution is 7.99. The zero-order valence-corrected chi connectivity index (χ0v) is 7.94. The van der Waals surface area contributed by atoms with Gasteiger partial charge in [0.1, 0.15) is 5.54 Å².